The van der Waals surface area contributed by atoms with Crippen molar-refractivity contribution >= 4 is 24.9 Å². The normalized spacial score (nSPS) is 15.5. The summed E-state index contributed by atoms with van der Waals surface area (Å²) in [6, 6.07) is 4.97. The predicted molar refractivity (Wildman–Crippen MR) is 131 cm³/mol. The summed E-state index contributed by atoms with van der Waals surface area (Å²) in [5.74, 6) is -1.09. The number of aromatic nitrogens is 5. The second kappa shape index (κ2) is 9.28. The summed E-state index contributed by atoms with van der Waals surface area (Å²) in [6.07, 6.45) is 4.01. The van der Waals surface area contributed by atoms with E-state index in [0.717, 1.165) is 6.04 Å². The lowest BCUT2D eigenvalue weighted by Gasteiger charge is -2.23. The van der Waals surface area contributed by atoms with Gasteiger partial charge < -0.3 is 9.47 Å². The summed E-state index contributed by atoms with van der Waals surface area (Å²) in [5.41, 5.74) is 1.25. The number of hydrogen-bond acceptors (Lipinski definition) is 5. The SMILES string of the molecule is C[Si](C)(C)CCOCn1c(=O)n(C2CCOCC2)c2nc(-c3cnc4ccc(F)cn34)c(F)cc21. The highest BCUT2D eigenvalue weighted by Crippen LogP contribution is 2.29. The quantitative estimate of drug-likeness (QED) is 0.276. The second-order valence-electron chi connectivity index (χ2n) is 10.2. The summed E-state index contributed by atoms with van der Waals surface area (Å²) >= 11 is 0. The van der Waals surface area contributed by atoms with Crippen LogP contribution < -0.4 is 5.69 Å². The maximum atomic E-state index is 15.4. The van der Waals surface area contributed by atoms with Crippen LogP contribution in [0.5, 0.6) is 0 Å². The Hall–Kier alpha value is -2.89. The molecule has 35 heavy (non-hydrogen) atoms. The first kappa shape index (κ1) is 23.8. The highest BCUT2D eigenvalue weighted by atomic mass is 28.3. The molecule has 1 aliphatic heterocycles. The summed E-state index contributed by atoms with van der Waals surface area (Å²) in [6.45, 7) is 8.41. The van der Waals surface area contributed by atoms with Crippen molar-refractivity contribution in [3.05, 3.63) is 52.7 Å². The zero-order valence-corrected chi connectivity index (χ0v) is 21.1. The van der Waals surface area contributed by atoms with Crippen molar-refractivity contribution in [1.29, 1.82) is 0 Å². The molecular weight excluding hydrogens is 472 g/mol. The first-order chi connectivity index (χ1) is 16.7. The van der Waals surface area contributed by atoms with Gasteiger partial charge in [-0.2, -0.15) is 0 Å². The molecule has 186 valence electrons. The number of pyridine rings is 2. The number of rotatable bonds is 7. The molecule has 0 saturated carbocycles. The van der Waals surface area contributed by atoms with Crippen LogP contribution in [0, 0.1) is 11.6 Å². The Labute approximate surface area is 202 Å². The van der Waals surface area contributed by atoms with E-state index in [1.807, 2.05) is 0 Å². The molecule has 1 aliphatic rings. The Morgan fingerprint density at radius 2 is 1.97 bits per heavy atom. The first-order valence-corrected chi connectivity index (χ1v) is 15.5. The molecular formula is C24H29F2N5O3Si. The molecule has 0 unspecified atom stereocenters. The molecule has 1 fully saturated rings. The predicted octanol–water partition coefficient (Wildman–Crippen LogP) is 4.45. The molecule has 0 bridgehead atoms. The van der Waals surface area contributed by atoms with Gasteiger partial charge in [-0.05, 0) is 31.0 Å². The Morgan fingerprint density at radius 3 is 2.71 bits per heavy atom. The molecule has 4 aromatic heterocycles. The Morgan fingerprint density at radius 1 is 1.20 bits per heavy atom. The number of halogens is 2. The average molecular weight is 502 g/mol. The molecule has 0 radical (unpaired) electrons. The minimum atomic E-state index is -1.30. The van der Waals surface area contributed by atoms with Crippen LogP contribution in [0.25, 0.3) is 28.2 Å². The Balaban J connectivity index is 1.62. The van der Waals surface area contributed by atoms with Gasteiger partial charge in [0.25, 0.3) is 0 Å². The third kappa shape index (κ3) is 4.67. The van der Waals surface area contributed by atoms with Gasteiger partial charge in [-0.1, -0.05) is 19.6 Å². The van der Waals surface area contributed by atoms with Crippen LogP contribution in [-0.2, 0) is 16.2 Å². The monoisotopic (exact) mass is 501 g/mol. The van der Waals surface area contributed by atoms with Crippen LogP contribution in [0.15, 0.2) is 35.4 Å². The largest absolute Gasteiger partial charge is 0.381 e. The topological polar surface area (TPSA) is 75.6 Å². The van der Waals surface area contributed by atoms with Crippen molar-refractivity contribution in [2.24, 2.45) is 0 Å². The van der Waals surface area contributed by atoms with Crippen molar-refractivity contribution in [3.63, 3.8) is 0 Å². The molecule has 5 rings (SSSR count). The molecule has 8 nitrogen and oxygen atoms in total. The van der Waals surface area contributed by atoms with Gasteiger partial charge in [-0.3, -0.25) is 13.5 Å². The summed E-state index contributed by atoms with van der Waals surface area (Å²) < 4.78 is 45.2. The maximum Gasteiger partial charge on any atom is 0.332 e. The van der Waals surface area contributed by atoms with E-state index in [2.05, 4.69) is 29.6 Å². The van der Waals surface area contributed by atoms with E-state index in [0.29, 0.717) is 55.2 Å². The standard InChI is InChI=1S/C24H29F2N5O3Si/c1-35(2,3)11-10-34-15-30-19-12-18(26)22(20-13-27-21-5-4-16(25)14-29(20)21)28-23(19)31(24(30)32)17-6-8-33-9-7-17/h4-5,12-14,17H,6-11,15H2,1-3H3. The highest BCUT2D eigenvalue weighted by molar-refractivity contribution is 6.76. The van der Waals surface area contributed by atoms with E-state index in [9.17, 15) is 9.18 Å². The van der Waals surface area contributed by atoms with Crippen molar-refractivity contribution in [3.8, 4) is 11.4 Å². The lowest BCUT2D eigenvalue weighted by Crippen LogP contribution is -2.31. The molecule has 0 atom stereocenters. The van der Waals surface area contributed by atoms with Crippen molar-refractivity contribution in [1.82, 2.24) is 23.5 Å². The molecule has 1 saturated heterocycles. The summed E-state index contributed by atoms with van der Waals surface area (Å²) in [7, 11) is -1.30. The van der Waals surface area contributed by atoms with E-state index in [1.54, 1.807) is 4.57 Å². The van der Waals surface area contributed by atoms with Crippen LogP contribution in [-0.4, -0.2) is 51.4 Å². The molecule has 0 aromatic carbocycles. The molecule has 0 aliphatic carbocycles. The van der Waals surface area contributed by atoms with Gasteiger partial charge in [-0.15, -0.1) is 0 Å². The summed E-state index contributed by atoms with van der Waals surface area (Å²) in [5, 5.41) is 0. The minimum absolute atomic E-state index is 0.00760. The second-order valence-corrected chi connectivity index (χ2v) is 15.8. The number of ether oxygens (including phenoxy) is 2. The highest BCUT2D eigenvalue weighted by Gasteiger charge is 2.26. The van der Waals surface area contributed by atoms with Gasteiger partial charge >= 0.3 is 5.69 Å². The van der Waals surface area contributed by atoms with Crippen LogP contribution in [0.1, 0.15) is 18.9 Å². The molecule has 5 heterocycles. The third-order valence-corrected chi connectivity index (χ3v) is 8.08. The van der Waals surface area contributed by atoms with Crippen LogP contribution in [0.3, 0.4) is 0 Å². The summed E-state index contributed by atoms with van der Waals surface area (Å²) in [4.78, 5) is 22.4. The van der Waals surface area contributed by atoms with E-state index in [-0.39, 0.29) is 24.2 Å². The fourth-order valence-corrected chi connectivity index (χ4v) is 5.17. The molecule has 4 aromatic rings. The number of fused-ring (bicyclic) bond motifs is 2. The Kier molecular flexibility index (Phi) is 6.32. The average Bonchev–Trinajstić information content (AvgIpc) is 3.34. The zero-order chi connectivity index (χ0) is 24.7. The smallest absolute Gasteiger partial charge is 0.332 e. The van der Waals surface area contributed by atoms with Gasteiger partial charge in [0, 0.05) is 46.2 Å². The number of nitrogens with zero attached hydrogens (tertiary/aromatic N) is 5. The van der Waals surface area contributed by atoms with E-state index in [4.69, 9.17) is 9.47 Å². The van der Waals surface area contributed by atoms with Crippen molar-refractivity contribution < 1.29 is 18.3 Å². The van der Waals surface area contributed by atoms with Crippen LogP contribution in [0.4, 0.5) is 8.78 Å². The lowest BCUT2D eigenvalue weighted by atomic mass is 10.1. The van der Waals surface area contributed by atoms with Gasteiger partial charge in [0.15, 0.2) is 11.5 Å². The number of hydrogen-bond donors (Lipinski definition) is 0. The van der Waals surface area contributed by atoms with E-state index in [1.165, 1.54) is 39.6 Å². The van der Waals surface area contributed by atoms with Crippen LogP contribution >= 0.6 is 0 Å². The minimum Gasteiger partial charge on any atom is -0.381 e. The van der Waals surface area contributed by atoms with Crippen molar-refractivity contribution in [2.45, 2.75) is 51.3 Å². The number of imidazole rings is 2. The fraction of sp³-hybridized carbons (Fsp3) is 0.458. The molecule has 0 spiro atoms. The molecule has 11 heteroatoms. The molecule has 0 N–H and O–H groups in total. The van der Waals surface area contributed by atoms with Gasteiger partial charge in [0.1, 0.15) is 23.9 Å². The zero-order valence-electron chi connectivity index (χ0n) is 20.1. The lowest BCUT2D eigenvalue weighted by molar-refractivity contribution is 0.0669. The Bertz CT molecular complexity index is 1430. The third-order valence-electron chi connectivity index (χ3n) is 6.38. The fourth-order valence-electron chi connectivity index (χ4n) is 4.41. The first-order valence-electron chi connectivity index (χ1n) is 11.8. The molecule has 0 amide bonds. The van der Waals surface area contributed by atoms with E-state index >= 15 is 4.39 Å². The van der Waals surface area contributed by atoms with E-state index < -0.39 is 19.7 Å². The van der Waals surface area contributed by atoms with Gasteiger partial charge in [-0.25, -0.2) is 23.5 Å². The van der Waals surface area contributed by atoms with Gasteiger partial charge in [0.05, 0.1) is 17.4 Å². The van der Waals surface area contributed by atoms with Crippen LogP contribution in [0.2, 0.25) is 25.7 Å². The maximum absolute atomic E-state index is 15.4. The van der Waals surface area contributed by atoms with Gasteiger partial charge in [0.2, 0.25) is 0 Å². The van der Waals surface area contributed by atoms with Crippen molar-refractivity contribution in [2.75, 3.05) is 19.8 Å².